The number of amides is 2. The van der Waals surface area contributed by atoms with E-state index in [0.717, 1.165) is 6.20 Å². The number of hydrogen-bond donors (Lipinski definition) is 1. The number of pyridine rings is 1. The number of piperazine rings is 1. The smallest absolute Gasteiger partial charge is 0.295 e. The van der Waals surface area contributed by atoms with E-state index >= 15 is 0 Å². The molecule has 0 atom stereocenters. The number of ketones is 1. The van der Waals surface area contributed by atoms with Gasteiger partial charge >= 0.3 is 0 Å². The Labute approximate surface area is 186 Å². The second kappa shape index (κ2) is 8.30. The molecule has 1 aromatic carbocycles. The van der Waals surface area contributed by atoms with Gasteiger partial charge in [-0.25, -0.2) is 14.4 Å². The average molecular weight is 447 g/mol. The number of carbonyl (C=O) groups excluding carboxylic acids is 3. The summed E-state index contributed by atoms with van der Waals surface area (Å²) in [5, 5.41) is -0.0346. The van der Waals surface area contributed by atoms with Gasteiger partial charge in [-0.15, -0.1) is 0 Å². The summed E-state index contributed by atoms with van der Waals surface area (Å²) in [7, 11) is 0. The summed E-state index contributed by atoms with van der Waals surface area (Å²) in [5.41, 5.74) is 1.00. The number of oxazole rings is 1. The zero-order chi connectivity index (χ0) is 22.9. The summed E-state index contributed by atoms with van der Waals surface area (Å²) >= 11 is 0. The molecule has 33 heavy (non-hydrogen) atoms. The van der Waals surface area contributed by atoms with Gasteiger partial charge in [0.05, 0.1) is 28.9 Å². The molecule has 10 heteroatoms. The molecular weight excluding hydrogens is 429 g/mol. The minimum absolute atomic E-state index is 0.0346. The van der Waals surface area contributed by atoms with Crippen LogP contribution in [0.5, 0.6) is 0 Å². The molecule has 2 amide bonds. The third-order valence-electron chi connectivity index (χ3n) is 5.64. The molecule has 1 aliphatic rings. The van der Waals surface area contributed by atoms with E-state index in [9.17, 15) is 18.8 Å². The molecule has 1 aliphatic heterocycles. The van der Waals surface area contributed by atoms with Gasteiger partial charge in [-0.3, -0.25) is 14.4 Å². The molecule has 4 aromatic rings. The third kappa shape index (κ3) is 3.65. The number of carbonyl (C=O) groups is 3. The summed E-state index contributed by atoms with van der Waals surface area (Å²) in [6.45, 7) is 1.01. The molecule has 1 fully saturated rings. The first kappa shape index (κ1) is 20.6. The lowest BCUT2D eigenvalue weighted by Crippen LogP contribution is -2.52. The highest BCUT2D eigenvalue weighted by atomic mass is 19.1. The van der Waals surface area contributed by atoms with E-state index in [2.05, 4.69) is 15.0 Å². The number of aromatic nitrogens is 3. The van der Waals surface area contributed by atoms with E-state index in [1.165, 1.54) is 23.7 Å². The number of aromatic amines is 1. The molecule has 0 spiro atoms. The second-order valence-corrected chi connectivity index (χ2v) is 7.55. The number of H-pyrrole nitrogens is 1. The van der Waals surface area contributed by atoms with Crippen LogP contribution in [-0.2, 0) is 4.79 Å². The number of halogens is 1. The van der Waals surface area contributed by atoms with Crippen molar-refractivity contribution in [3.05, 3.63) is 72.3 Å². The quantitative estimate of drug-likeness (QED) is 0.380. The van der Waals surface area contributed by atoms with E-state index in [0.29, 0.717) is 24.4 Å². The lowest BCUT2D eigenvalue weighted by molar-refractivity contribution is -0.127. The lowest BCUT2D eigenvalue weighted by Gasteiger charge is -2.34. The van der Waals surface area contributed by atoms with Gasteiger partial charge in [0, 0.05) is 37.9 Å². The fourth-order valence-electron chi connectivity index (χ4n) is 3.94. The van der Waals surface area contributed by atoms with Gasteiger partial charge in [-0.05, 0) is 12.1 Å². The number of fused-ring (bicyclic) bond motifs is 1. The molecule has 1 N–H and O–H groups in total. The summed E-state index contributed by atoms with van der Waals surface area (Å²) in [5.74, 6) is -2.15. The van der Waals surface area contributed by atoms with Crippen molar-refractivity contribution in [2.75, 3.05) is 26.2 Å². The predicted octanol–water partition coefficient (Wildman–Crippen LogP) is 2.52. The van der Waals surface area contributed by atoms with Crippen molar-refractivity contribution in [2.24, 2.45) is 0 Å². The van der Waals surface area contributed by atoms with Crippen molar-refractivity contribution < 1.29 is 23.2 Å². The number of hydrogen-bond acceptors (Lipinski definition) is 6. The molecule has 4 heterocycles. The number of nitrogens with zero attached hydrogens (tertiary/aromatic N) is 4. The zero-order valence-corrected chi connectivity index (χ0v) is 17.3. The minimum atomic E-state index is -0.835. The fourth-order valence-corrected chi connectivity index (χ4v) is 3.94. The largest absolute Gasteiger partial charge is 0.442 e. The molecule has 166 valence electrons. The van der Waals surface area contributed by atoms with Crippen LogP contribution in [0.3, 0.4) is 0 Å². The fraction of sp³-hybridized carbons (Fsp3) is 0.174. The molecular formula is C23H18FN5O4. The standard InChI is InChI=1S/C23H18FN5O4/c24-16-11-27-19(17-12-25-13-33-17)20-18(16)15(10-26-20)21(30)23(32)29-8-6-28(7-9-29)22(31)14-4-2-1-3-5-14/h1-5,10-13,26H,6-9H2. The minimum Gasteiger partial charge on any atom is -0.442 e. The Morgan fingerprint density at radius 3 is 2.42 bits per heavy atom. The zero-order valence-electron chi connectivity index (χ0n) is 17.3. The maximum absolute atomic E-state index is 14.6. The highest BCUT2D eigenvalue weighted by Crippen LogP contribution is 2.30. The second-order valence-electron chi connectivity index (χ2n) is 7.55. The van der Waals surface area contributed by atoms with Crippen LogP contribution in [0, 0.1) is 5.82 Å². The van der Waals surface area contributed by atoms with E-state index < -0.39 is 17.5 Å². The SMILES string of the molecule is O=C(C(=O)N1CCN(C(=O)c2ccccc2)CC1)c1c[nH]c2c(-c3cnco3)ncc(F)c12. The van der Waals surface area contributed by atoms with Crippen molar-refractivity contribution in [3.63, 3.8) is 0 Å². The first-order chi connectivity index (χ1) is 16.0. The van der Waals surface area contributed by atoms with Crippen molar-refractivity contribution in [2.45, 2.75) is 0 Å². The van der Waals surface area contributed by atoms with Crippen LogP contribution >= 0.6 is 0 Å². The van der Waals surface area contributed by atoms with Crippen molar-refractivity contribution >= 4 is 28.5 Å². The molecule has 9 nitrogen and oxygen atoms in total. The summed E-state index contributed by atoms with van der Waals surface area (Å²) in [6.07, 6.45) is 4.91. The van der Waals surface area contributed by atoms with Crippen LogP contribution in [0.2, 0.25) is 0 Å². The topological polar surface area (TPSA) is 112 Å². The Hall–Kier alpha value is -4.34. The van der Waals surface area contributed by atoms with Crippen LogP contribution in [-0.4, -0.2) is 68.5 Å². The maximum Gasteiger partial charge on any atom is 0.295 e. The van der Waals surface area contributed by atoms with Gasteiger partial charge in [-0.2, -0.15) is 0 Å². The Bertz CT molecular complexity index is 1340. The Morgan fingerprint density at radius 2 is 1.73 bits per heavy atom. The molecule has 5 rings (SSSR count). The van der Waals surface area contributed by atoms with Crippen LogP contribution < -0.4 is 0 Å². The Balaban J connectivity index is 1.34. The number of Topliss-reactive ketones (excluding diaryl/α,β-unsaturated/α-hetero) is 1. The first-order valence-electron chi connectivity index (χ1n) is 10.3. The van der Waals surface area contributed by atoms with E-state index in [4.69, 9.17) is 4.42 Å². The summed E-state index contributed by atoms with van der Waals surface area (Å²) in [6, 6.07) is 8.87. The van der Waals surface area contributed by atoms with Crippen LogP contribution in [0.25, 0.3) is 22.4 Å². The molecule has 0 saturated carbocycles. The maximum atomic E-state index is 14.6. The Morgan fingerprint density at radius 1 is 1.00 bits per heavy atom. The van der Waals surface area contributed by atoms with Gasteiger partial charge in [-0.1, -0.05) is 18.2 Å². The monoisotopic (exact) mass is 447 g/mol. The van der Waals surface area contributed by atoms with Gasteiger partial charge in [0.2, 0.25) is 0 Å². The molecule has 1 saturated heterocycles. The van der Waals surface area contributed by atoms with Gasteiger partial charge in [0.1, 0.15) is 5.69 Å². The molecule has 3 aromatic heterocycles. The molecule has 0 unspecified atom stereocenters. The first-order valence-corrected chi connectivity index (χ1v) is 10.3. The van der Waals surface area contributed by atoms with Crippen molar-refractivity contribution in [1.29, 1.82) is 0 Å². The van der Waals surface area contributed by atoms with Crippen LogP contribution in [0.4, 0.5) is 4.39 Å². The van der Waals surface area contributed by atoms with E-state index in [1.54, 1.807) is 29.2 Å². The van der Waals surface area contributed by atoms with Crippen molar-refractivity contribution in [1.82, 2.24) is 24.8 Å². The van der Waals surface area contributed by atoms with Crippen LogP contribution in [0.1, 0.15) is 20.7 Å². The van der Waals surface area contributed by atoms with Gasteiger partial charge < -0.3 is 19.2 Å². The van der Waals surface area contributed by atoms with Gasteiger partial charge in [0.15, 0.2) is 18.0 Å². The van der Waals surface area contributed by atoms with E-state index in [1.807, 2.05) is 6.07 Å². The number of nitrogens with one attached hydrogen (secondary N) is 1. The molecule has 0 radical (unpaired) electrons. The highest BCUT2D eigenvalue weighted by Gasteiger charge is 2.31. The third-order valence-corrected chi connectivity index (χ3v) is 5.64. The van der Waals surface area contributed by atoms with E-state index in [-0.39, 0.29) is 41.2 Å². The number of rotatable bonds is 4. The molecule has 0 bridgehead atoms. The summed E-state index contributed by atoms with van der Waals surface area (Å²) < 4.78 is 19.9. The Kier molecular flexibility index (Phi) is 5.17. The number of benzene rings is 1. The lowest BCUT2D eigenvalue weighted by atomic mass is 10.1. The predicted molar refractivity (Wildman–Crippen MR) is 115 cm³/mol. The summed E-state index contributed by atoms with van der Waals surface area (Å²) in [4.78, 5) is 52.2. The van der Waals surface area contributed by atoms with Crippen LogP contribution in [0.15, 0.2) is 59.7 Å². The van der Waals surface area contributed by atoms with Crippen molar-refractivity contribution in [3.8, 4) is 11.5 Å². The average Bonchev–Trinajstić information content (AvgIpc) is 3.55. The van der Waals surface area contributed by atoms with Gasteiger partial charge in [0.25, 0.3) is 17.6 Å². The highest BCUT2D eigenvalue weighted by molar-refractivity contribution is 6.45. The molecule has 0 aliphatic carbocycles. The normalized spacial score (nSPS) is 14.0.